The number of esters is 1. The van der Waals surface area contributed by atoms with Gasteiger partial charge >= 0.3 is 5.97 Å². The molecule has 2 atom stereocenters. The van der Waals surface area contributed by atoms with Crippen LogP contribution in [-0.2, 0) is 22.5 Å². The van der Waals surface area contributed by atoms with E-state index in [0.717, 1.165) is 25.1 Å². The number of ether oxygens (including phenoxy) is 2. The molecule has 0 aliphatic carbocycles. The Labute approximate surface area is 239 Å². The molecule has 0 spiro atoms. The largest absolute Gasteiger partial charge is 0.491 e. The Balaban J connectivity index is 1.62. The standard InChI is InChI=1S/C35H56NO3/c1-6-8-9-10-11-12-13-14-15-17-20-31-23-25-33(26-24-31)39-30(3)27-28-38-35(37)34(7-2)36(4,5)29-32-21-18-16-19-22-32/h16,18-19,21-26,30,34H,6-15,17,20,27-29H2,1-5H3/q+1. The summed E-state index contributed by atoms with van der Waals surface area (Å²) in [5, 5.41) is 0. The first-order valence-corrected chi connectivity index (χ1v) is 15.6. The van der Waals surface area contributed by atoms with E-state index in [2.05, 4.69) is 64.3 Å². The number of benzene rings is 2. The maximum atomic E-state index is 12.9. The Morgan fingerprint density at radius 3 is 1.95 bits per heavy atom. The molecule has 2 aromatic carbocycles. The van der Waals surface area contributed by atoms with Crippen molar-refractivity contribution in [1.29, 1.82) is 0 Å². The molecule has 0 radical (unpaired) electrons. The SMILES string of the molecule is CCCCCCCCCCCCc1ccc(OC(C)CCOC(=O)C(CC)[N+](C)(C)Cc2ccccc2)cc1. The lowest BCUT2D eigenvalue weighted by molar-refractivity contribution is -0.919. The predicted octanol–water partition coefficient (Wildman–Crippen LogP) is 8.91. The summed E-state index contributed by atoms with van der Waals surface area (Å²) < 4.78 is 12.4. The van der Waals surface area contributed by atoms with Gasteiger partial charge in [-0.15, -0.1) is 0 Å². The van der Waals surface area contributed by atoms with Gasteiger partial charge in [0.2, 0.25) is 0 Å². The van der Waals surface area contributed by atoms with Crippen molar-refractivity contribution in [3.8, 4) is 5.75 Å². The second-order valence-corrected chi connectivity index (χ2v) is 11.8. The Morgan fingerprint density at radius 1 is 0.769 bits per heavy atom. The second-order valence-electron chi connectivity index (χ2n) is 11.8. The number of carbonyl (C=O) groups excluding carboxylic acids is 1. The van der Waals surface area contributed by atoms with Crippen LogP contribution >= 0.6 is 0 Å². The van der Waals surface area contributed by atoms with Gasteiger partial charge in [-0.2, -0.15) is 0 Å². The quantitative estimate of drug-likeness (QED) is 0.0904. The van der Waals surface area contributed by atoms with Crippen molar-refractivity contribution in [2.75, 3.05) is 20.7 Å². The fourth-order valence-electron chi connectivity index (χ4n) is 5.37. The van der Waals surface area contributed by atoms with Gasteiger partial charge in [0.1, 0.15) is 12.3 Å². The van der Waals surface area contributed by atoms with Gasteiger partial charge < -0.3 is 14.0 Å². The smallest absolute Gasteiger partial charge is 0.364 e. The third kappa shape index (κ3) is 13.5. The van der Waals surface area contributed by atoms with Crippen molar-refractivity contribution in [3.05, 3.63) is 65.7 Å². The number of aryl methyl sites for hydroxylation is 1. The first-order valence-electron chi connectivity index (χ1n) is 15.6. The van der Waals surface area contributed by atoms with Gasteiger partial charge in [-0.1, -0.05) is 114 Å². The molecule has 4 heteroatoms. The number of quaternary nitrogens is 1. The molecule has 0 amide bonds. The van der Waals surface area contributed by atoms with Crippen LogP contribution in [0.3, 0.4) is 0 Å². The summed E-state index contributed by atoms with van der Waals surface area (Å²) in [5.74, 6) is 0.759. The maximum Gasteiger partial charge on any atom is 0.364 e. The molecule has 2 unspecified atom stereocenters. The molecule has 218 valence electrons. The number of unbranched alkanes of at least 4 members (excludes halogenated alkanes) is 9. The van der Waals surface area contributed by atoms with E-state index >= 15 is 0 Å². The second kappa shape index (κ2) is 18.9. The third-order valence-corrected chi connectivity index (χ3v) is 7.78. The van der Waals surface area contributed by atoms with Gasteiger partial charge in [0.05, 0.1) is 26.8 Å². The average molecular weight is 539 g/mol. The topological polar surface area (TPSA) is 35.5 Å². The van der Waals surface area contributed by atoms with E-state index in [1.807, 2.05) is 25.1 Å². The monoisotopic (exact) mass is 538 g/mol. The number of hydrogen-bond donors (Lipinski definition) is 0. The highest BCUT2D eigenvalue weighted by molar-refractivity contribution is 5.74. The summed E-state index contributed by atoms with van der Waals surface area (Å²) in [7, 11) is 4.21. The van der Waals surface area contributed by atoms with Gasteiger partial charge in [0.15, 0.2) is 6.04 Å². The molecule has 0 saturated carbocycles. The molecular weight excluding hydrogens is 482 g/mol. The summed E-state index contributed by atoms with van der Waals surface area (Å²) >= 11 is 0. The molecule has 0 fully saturated rings. The summed E-state index contributed by atoms with van der Waals surface area (Å²) in [4.78, 5) is 12.9. The number of hydrogen-bond acceptors (Lipinski definition) is 3. The highest BCUT2D eigenvalue weighted by atomic mass is 16.5. The fraction of sp³-hybridized carbons (Fsp3) is 0.629. The highest BCUT2D eigenvalue weighted by Gasteiger charge is 2.35. The normalized spacial score (nSPS) is 13.2. The minimum absolute atomic E-state index is 0.0162. The summed E-state index contributed by atoms with van der Waals surface area (Å²) in [6.07, 6.45) is 16.2. The van der Waals surface area contributed by atoms with Crippen molar-refractivity contribution in [3.63, 3.8) is 0 Å². The summed E-state index contributed by atoms with van der Waals surface area (Å²) in [6.45, 7) is 7.54. The van der Waals surface area contributed by atoms with Crippen LogP contribution in [0.1, 0.15) is 109 Å². The molecule has 0 saturated heterocycles. The number of nitrogens with zero attached hydrogens (tertiary/aromatic N) is 1. The molecule has 2 aromatic rings. The lowest BCUT2D eigenvalue weighted by Crippen LogP contribution is -2.52. The Hall–Kier alpha value is -2.33. The number of carbonyl (C=O) groups is 1. The van der Waals surface area contributed by atoms with Crippen LogP contribution in [0.2, 0.25) is 0 Å². The van der Waals surface area contributed by atoms with E-state index in [1.165, 1.54) is 75.3 Å². The minimum atomic E-state index is -0.190. The third-order valence-electron chi connectivity index (χ3n) is 7.78. The molecule has 0 aliphatic heterocycles. The van der Waals surface area contributed by atoms with Crippen molar-refractivity contribution in [2.24, 2.45) is 0 Å². The molecule has 0 N–H and O–H groups in total. The van der Waals surface area contributed by atoms with Crippen molar-refractivity contribution < 1.29 is 18.8 Å². The first-order chi connectivity index (χ1) is 18.9. The fourth-order valence-corrected chi connectivity index (χ4v) is 5.37. The van der Waals surface area contributed by atoms with Crippen LogP contribution in [-0.4, -0.2) is 43.3 Å². The van der Waals surface area contributed by atoms with E-state index in [1.54, 1.807) is 0 Å². The van der Waals surface area contributed by atoms with Gasteiger partial charge in [0.25, 0.3) is 0 Å². The van der Waals surface area contributed by atoms with E-state index in [0.29, 0.717) is 17.5 Å². The molecule has 0 heterocycles. The van der Waals surface area contributed by atoms with Crippen LogP contribution in [0.15, 0.2) is 54.6 Å². The molecule has 39 heavy (non-hydrogen) atoms. The Kier molecular flexibility index (Phi) is 15.9. The van der Waals surface area contributed by atoms with Gasteiger partial charge in [-0.25, -0.2) is 4.79 Å². The van der Waals surface area contributed by atoms with Crippen LogP contribution < -0.4 is 4.74 Å². The Morgan fingerprint density at radius 2 is 1.36 bits per heavy atom. The lowest BCUT2D eigenvalue weighted by atomic mass is 10.0. The number of likely N-dealkylation sites (N-methyl/N-ethyl adjacent to an activating group) is 1. The Bertz CT molecular complexity index is 894. The summed E-state index contributed by atoms with van der Waals surface area (Å²) in [6, 6.07) is 18.7. The summed E-state index contributed by atoms with van der Waals surface area (Å²) in [5.41, 5.74) is 2.61. The predicted molar refractivity (Wildman–Crippen MR) is 164 cm³/mol. The van der Waals surface area contributed by atoms with Crippen molar-refractivity contribution in [2.45, 2.75) is 123 Å². The van der Waals surface area contributed by atoms with E-state index in [9.17, 15) is 4.79 Å². The highest BCUT2D eigenvalue weighted by Crippen LogP contribution is 2.20. The first kappa shape index (κ1) is 32.9. The molecule has 2 rings (SSSR count). The molecule has 0 bridgehead atoms. The zero-order chi connectivity index (χ0) is 28.3. The van der Waals surface area contributed by atoms with Crippen LogP contribution in [0.25, 0.3) is 0 Å². The van der Waals surface area contributed by atoms with Gasteiger partial charge in [-0.3, -0.25) is 0 Å². The molecule has 0 aliphatic rings. The van der Waals surface area contributed by atoms with E-state index in [-0.39, 0.29) is 18.1 Å². The molecule has 0 aromatic heterocycles. The van der Waals surface area contributed by atoms with E-state index < -0.39 is 0 Å². The lowest BCUT2D eigenvalue weighted by Gasteiger charge is -2.36. The van der Waals surface area contributed by atoms with Crippen LogP contribution in [0, 0.1) is 0 Å². The minimum Gasteiger partial charge on any atom is -0.491 e. The maximum absolute atomic E-state index is 12.9. The van der Waals surface area contributed by atoms with Crippen LogP contribution in [0.4, 0.5) is 0 Å². The molecular formula is C35H56NO3+. The zero-order valence-electron chi connectivity index (χ0n) is 25.6. The zero-order valence-corrected chi connectivity index (χ0v) is 25.6. The van der Waals surface area contributed by atoms with Crippen molar-refractivity contribution >= 4 is 5.97 Å². The van der Waals surface area contributed by atoms with Crippen LogP contribution in [0.5, 0.6) is 5.75 Å². The van der Waals surface area contributed by atoms with Gasteiger partial charge in [-0.05, 0) is 37.5 Å². The van der Waals surface area contributed by atoms with E-state index in [4.69, 9.17) is 9.47 Å². The average Bonchev–Trinajstić information content (AvgIpc) is 2.91. The van der Waals surface area contributed by atoms with Crippen molar-refractivity contribution in [1.82, 2.24) is 0 Å². The molecule has 4 nitrogen and oxygen atoms in total. The van der Waals surface area contributed by atoms with Gasteiger partial charge in [0, 0.05) is 18.4 Å². The number of rotatable bonds is 21.